The Morgan fingerprint density at radius 1 is 1.55 bits per heavy atom. The largest absolute Gasteiger partial charge is 0.348 e. The average Bonchev–Trinajstić information content (AvgIpc) is 2.84. The predicted octanol–water partition coefficient (Wildman–Crippen LogP) is 2.21. The van der Waals surface area contributed by atoms with Crippen molar-refractivity contribution in [2.75, 3.05) is 0 Å². The number of hydrogen-bond donors (Lipinski definition) is 3. The maximum absolute atomic E-state index is 11.9. The molecule has 1 heterocycles. The van der Waals surface area contributed by atoms with E-state index in [0.717, 1.165) is 17.5 Å². The molecule has 0 fully saturated rings. The Kier molecular flexibility index (Phi) is 4.62. The van der Waals surface area contributed by atoms with Gasteiger partial charge >= 0.3 is 0 Å². The Morgan fingerprint density at radius 3 is 3.00 bits per heavy atom. The van der Waals surface area contributed by atoms with E-state index >= 15 is 0 Å². The summed E-state index contributed by atoms with van der Waals surface area (Å²) in [5, 5.41) is 3.45. The summed E-state index contributed by atoms with van der Waals surface area (Å²) in [4.78, 5) is 19.4. The first-order valence-corrected chi connectivity index (χ1v) is 7.06. The molecule has 0 spiro atoms. The molecular weight excluding hydrogens is 276 g/mol. The molecule has 0 bridgehead atoms. The number of imidazole rings is 1. The summed E-state index contributed by atoms with van der Waals surface area (Å²) >= 11 is 5.91. The fourth-order valence-electron chi connectivity index (χ4n) is 1.92. The van der Waals surface area contributed by atoms with Gasteiger partial charge in [-0.2, -0.15) is 0 Å². The highest BCUT2D eigenvalue weighted by Gasteiger charge is 2.19. The third kappa shape index (κ3) is 3.29. The van der Waals surface area contributed by atoms with Gasteiger partial charge in [-0.1, -0.05) is 31.9 Å². The molecule has 0 saturated carbocycles. The lowest BCUT2D eigenvalue weighted by atomic mass is 9.99. The van der Waals surface area contributed by atoms with Gasteiger partial charge in [0.25, 0.3) is 0 Å². The van der Waals surface area contributed by atoms with E-state index in [-0.39, 0.29) is 11.8 Å². The normalized spacial score (nSPS) is 14.2. The van der Waals surface area contributed by atoms with Crippen molar-refractivity contribution < 1.29 is 4.79 Å². The second kappa shape index (κ2) is 6.24. The molecule has 6 heteroatoms. The minimum absolute atomic E-state index is 0.155. The molecular formula is C14H19ClN4O. The summed E-state index contributed by atoms with van der Waals surface area (Å²) in [6.45, 7) is 4.31. The number of nitrogens with one attached hydrogen (secondary N) is 2. The fraction of sp³-hybridized carbons (Fsp3) is 0.429. The molecule has 108 valence electrons. The molecule has 5 nitrogen and oxygen atoms in total. The Labute approximate surface area is 122 Å². The molecule has 0 aliphatic carbocycles. The van der Waals surface area contributed by atoms with Crippen LogP contribution in [0.5, 0.6) is 0 Å². The molecule has 1 amide bonds. The SMILES string of the molecule is CC[C@H](C)[C@H](N)C(=O)NCc1nc2ccc(Cl)cc2[nH]1. The van der Waals surface area contributed by atoms with Crippen LogP contribution in [0.15, 0.2) is 18.2 Å². The number of nitrogens with zero attached hydrogens (tertiary/aromatic N) is 1. The zero-order valence-electron chi connectivity index (χ0n) is 11.6. The van der Waals surface area contributed by atoms with E-state index in [0.29, 0.717) is 17.4 Å². The van der Waals surface area contributed by atoms with Crippen LogP contribution in [-0.4, -0.2) is 21.9 Å². The Hall–Kier alpha value is -1.59. The van der Waals surface area contributed by atoms with Crippen molar-refractivity contribution in [2.24, 2.45) is 11.7 Å². The first-order chi connectivity index (χ1) is 9.51. The van der Waals surface area contributed by atoms with Crippen LogP contribution in [0.1, 0.15) is 26.1 Å². The highest BCUT2D eigenvalue weighted by Crippen LogP contribution is 2.17. The Morgan fingerprint density at radius 2 is 2.30 bits per heavy atom. The summed E-state index contributed by atoms with van der Waals surface area (Å²) < 4.78 is 0. The third-order valence-corrected chi connectivity index (χ3v) is 3.72. The molecule has 4 N–H and O–H groups in total. The van der Waals surface area contributed by atoms with Gasteiger partial charge in [0.1, 0.15) is 5.82 Å². The lowest BCUT2D eigenvalue weighted by Gasteiger charge is -2.17. The second-order valence-corrected chi connectivity index (χ2v) is 5.41. The van der Waals surface area contributed by atoms with Crippen molar-refractivity contribution in [3.05, 3.63) is 29.0 Å². The highest BCUT2D eigenvalue weighted by atomic mass is 35.5. The van der Waals surface area contributed by atoms with Crippen LogP contribution in [0, 0.1) is 5.92 Å². The zero-order chi connectivity index (χ0) is 14.7. The van der Waals surface area contributed by atoms with E-state index in [2.05, 4.69) is 15.3 Å². The molecule has 1 aromatic heterocycles. The number of halogens is 1. The number of fused-ring (bicyclic) bond motifs is 1. The van der Waals surface area contributed by atoms with Gasteiger partial charge in [-0.05, 0) is 24.1 Å². The molecule has 2 atom stereocenters. The van der Waals surface area contributed by atoms with Gasteiger partial charge in [0, 0.05) is 5.02 Å². The number of carbonyl (C=O) groups excluding carboxylic acids is 1. The number of aromatic amines is 1. The maximum atomic E-state index is 11.9. The van der Waals surface area contributed by atoms with Gasteiger partial charge < -0.3 is 16.0 Å². The van der Waals surface area contributed by atoms with E-state index in [4.69, 9.17) is 17.3 Å². The molecule has 20 heavy (non-hydrogen) atoms. The zero-order valence-corrected chi connectivity index (χ0v) is 12.4. The fourth-order valence-corrected chi connectivity index (χ4v) is 2.09. The van der Waals surface area contributed by atoms with Crippen molar-refractivity contribution in [2.45, 2.75) is 32.9 Å². The highest BCUT2D eigenvalue weighted by molar-refractivity contribution is 6.31. The Balaban J connectivity index is 2.00. The van der Waals surface area contributed by atoms with Gasteiger partial charge in [0.05, 0.1) is 23.6 Å². The molecule has 2 aromatic rings. The number of hydrogen-bond acceptors (Lipinski definition) is 3. The van der Waals surface area contributed by atoms with Crippen molar-refractivity contribution in [3.8, 4) is 0 Å². The summed E-state index contributed by atoms with van der Waals surface area (Å²) in [6.07, 6.45) is 0.873. The number of amides is 1. The molecule has 0 saturated heterocycles. The smallest absolute Gasteiger partial charge is 0.237 e. The van der Waals surface area contributed by atoms with Gasteiger partial charge in [-0.15, -0.1) is 0 Å². The number of benzene rings is 1. The van der Waals surface area contributed by atoms with Gasteiger partial charge in [0.15, 0.2) is 0 Å². The molecule has 0 radical (unpaired) electrons. The summed E-state index contributed by atoms with van der Waals surface area (Å²) in [5.41, 5.74) is 7.55. The number of nitrogens with two attached hydrogens (primary N) is 1. The summed E-state index contributed by atoms with van der Waals surface area (Å²) in [7, 11) is 0. The van der Waals surface area contributed by atoms with E-state index in [1.54, 1.807) is 12.1 Å². The average molecular weight is 295 g/mol. The summed E-state index contributed by atoms with van der Waals surface area (Å²) in [6, 6.07) is 4.94. The number of aromatic nitrogens is 2. The third-order valence-electron chi connectivity index (χ3n) is 3.48. The topological polar surface area (TPSA) is 83.8 Å². The first kappa shape index (κ1) is 14.8. The van der Waals surface area contributed by atoms with Crippen molar-refractivity contribution >= 4 is 28.5 Å². The van der Waals surface area contributed by atoms with Gasteiger partial charge in [-0.3, -0.25) is 4.79 Å². The van der Waals surface area contributed by atoms with E-state index in [1.165, 1.54) is 0 Å². The van der Waals surface area contributed by atoms with Crippen LogP contribution in [0.2, 0.25) is 5.02 Å². The van der Waals surface area contributed by atoms with Crippen LogP contribution in [0.3, 0.4) is 0 Å². The van der Waals surface area contributed by atoms with E-state index < -0.39 is 6.04 Å². The minimum atomic E-state index is -0.487. The summed E-state index contributed by atoms with van der Waals surface area (Å²) in [5.74, 6) is 0.689. The quantitative estimate of drug-likeness (QED) is 0.790. The van der Waals surface area contributed by atoms with Crippen LogP contribution in [-0.2, 0) is 11.3 Å². The molecule has 0 aliphatic heterocycles. The monoisotopic (exact) mass is 294 g/mol. The van der Waals surface area contributed by atoms with E-state index in [9.17, 15) is 4.79 Å². The molecule has 2 rings (SSSR count). The van der Waals surface area contributed by atoms with Gasteiger partial charge in [0.2, 0.25) is 5.91 Å². The lowest BCUT2D eigenvalue weighted by molar-refractivity contribution is -0.123. The number of carbonyl (C=O) groups is 1. The lowest BCUT2D eigenvalue weighted by Crippen LogP contribution is -2.44. The minimum Gasteiger partial charge on any atom is -0.348 e. The Bertz CT molecular complexity index is 610. The van der Waals surface area contributed by atoms with Crippen LogP contribution < -0.4 is 11.1 Å². The first-order valence-electron chi connectivity index (χ1n) is 6.68. The van der Waals surface area contributed by atoms with Gasteiger partial charge in [-0.25, -0.2) is 4.98 Å². The predicted molar refractivity (Wildman–Crippen MR) is 80.4 cm³/mol. The second-order valence-electron chi connectivity index (χ2n) is 4.97. The maximum Gasteiger partial charge on any atom is 0.237 e. The van der Waals surface area contributed by atoms with Crippen molar-refractivity contribution in [1.29, 1.82) is 0 Å². The molecule has 0 aliphatic rings. The van der Waals surface area contributed by atoms with Crippen LogP contribution in [0.25, 0.3) is 11.0 Å². The number of rotatable bonds is 5. The van der Waals surface area contributed by atoms with Crippen molar-refractivity contribution in [1.82, 2.24) is 15.3 Å². The number of H-pyrrole nitrogens is 1. The van der Waals surface area contributed by atoms with E-state index in [1.807, 2.05) is 19.9 Å². The standard InChI is InChI=1S/C14H19ClN4O/c1-3-8(2)13(16)14(20)17-7-12-18-10-5-4-9(15)6-11(10)19-12/h4-6,8,13H,3,7,16H2,1-2H3,(H,17,20)(H,18,19)/t8-,13-/m0/s1. The van der Waals surface area contributed by atoms with Crippen molar-refractivity contribution in [3.63, 3.8) is 0 Å². The molecule has 1 aromatic carbocycles. The van der Waals surface area contributed by atoms with Crippen LogP contribution in [0.4, 0.5) is 0 Å². The van der Waals surface area contributed by atoms with Crippen LogP contribution >= 0.6 is 11.6 Å². The molecule has 0 unspecified atom stereocenters.